The van der Waals surface area contributed by atoms with Gasteiger partial charge >= 0.3 is 0 Å². The predicted molar refractivity (Wildman–Crippen MR) is 92.8 cm³/mol. The summed E-state index contributed by atoms with van der Waals surface area (Å²) in [4.78, 5) is 12.4. The molecule has 0 amide bonds. The van der Waals surface area contributed by atoms with Gasteiger partial charge in [-0.3, -0.25) is 4.79 Å². The number of allylic oxidation sites excluding steroid dienone is 2. The van der Waals surface area contributed by atoms with E-state index in [1.165, 1.54) is 19.1 Å². The van der Waals surface area contributed by atoms with Gasteiger partial charge in [-0.15, -0.1) is 0 Å². The number of benzene rings is 2. The minimum Gasteiger partial charge on any atom is -0.508 e. The molecule has 0 bridgehead atoms. The normalized spacial score (nSPS) is 17.0. The lowest BCUT2D eigenvalue weighted by atomic mass is 9.80. The minimum atomic E-state index is -0.646. The summed E-state index contributed by atoms with van der Waals surface area (Å²) in [6, 6.07) is 17.6. The Balaban J connectivity index is 2.27. The van der Waals surface area contributed by atoms with Crippen molar-refractivity contribution < 1.29 is 14.6 Å². The van der Waals surface area contributed by atoms with E-state index in [1.807, 2.05) is 30.3 Å². The van der Waals surface area contributed by atoms with Crippen molar-refractivity contribution in [3.8, 4) is 11.8 Å². The van der Waals surface area contributed by atoms with E-state index in [0.717, 1.165) is 0 Å². The predicted octanol–water partition coefficient (Wildman–Crippen LogP) is 3.20. The molecule has 1 aliphatic rings. The number of carbonyl (C=O) groups is 1. The highest BCUT2D eigenvalue weighted by Crippen LogP contribution is 2.42. The van der Waals surface area contributed by atoms with Crippen molar-refractivity contribution in [2.75, 3.05) is 0 Å². The lowest BCUT2D eigenvalue weighted by Crippen LogP contribution is -2.23. The zero-order chi connectivity index (χ0) is 18.0. The Labute approximate surface area is 145 Å². The number of hydrogen-bond donors (Lipinski definition) is 2. The zero-order valence-corrected chi connectivity index (χ0v) is 13.6. The van der Waals surface area contributed by atoms with Gasteiger partial charge in [0, 0.05) is 5.56 Å². The summed E-state index contributed by atoms with van der Waals surface area (Å²) in [7, 11) is 0. The molecule has 0 radical (unpaired) electrons. The number of rotatable bonds is 3. The Morgan fingerprint density at radius 1 is 1.16 bits per heavy atom. The van der Waals surface area contributed by atoms with E-state index in [4.69, 9.17) is 10.5 Å². The van der Waals surface area contributed by atoms with Crippen molar-refractivity contribution in [2.24, 2.45) is 5.73 Å². The SMILES string of the molecule is CC(=O)C1=C(c2ccccc2)OC(N)=C(C#N)[C@H]1c1ccc(O)cc1. The van der Waals surface area contributed by atoms with Crippen molar-refractivity contribution in [3.05, 3.63) is 82.8 Å². The first kappa shape index (κ1) is 16.3. The first-order valence-corrected chi connectivity index (χ1v) is 7.70. The van der Waals surface area contributed by atoms with Gasteiger partial charge in [0.1, 0.15) is 23.2 Å². The largest absolute Gasteiger partial charge is 0.508 e. The zero-order valence-electron chi connectivity index (χ0n) is 13.6. The van der Waals surface area contributed by atoms with Crippen LogP contribution in [0.5, 0.6) is 5.75 Å². The number of nitrogens with zero attached hydrogens (tertiary/aromatic N) is 1. The number of nitriles is 1. The number of nitrogens with two attached hydrogens (primary N) is 1. The van der Waals surface area contributed by atoms with Crippen LogP contribution in [0.15, 0.2) is 71.6 Å². The van der Waals surface area contributed by atoms with Crippen LogP contribution in [0.1, 0.15) is 24.0 Å². The molecule has 1 aliphatic heterocycles. The molecule has 0 fully saturated rings. The molecule has 3 N–H and O–H groups in total. The van der Waals surface area contributed by atoms with Gasteiger partial charge in [-0.2, -0.15) is 5.26 Å². The van der Waals surface area contributed by atoms with Crippen LogP contribution in [-0.4, -0.2) is 10.9 Å². The molecule has 25 heavy (non-hydrogen) atoms. The Morgan fingerprint density at radius 2 is 1.80 bits per heavy atom. The van der Waals surface area contributed by atoms with Gasteiger partial charge in [0.2, 0.25) is 5.88 Å². The molecule has 5 heteroatoms. The van der Waals surface area contributed by atoms with E-state index < -0.39 is 5.92 Å². The number of aromatic hydroxyl groups is 1. The van der Waals surface area contributed by atoms with Gasteiger partial charge in [0.25, 0.3) is 0 Å². The second-order valence-corrected chi connectivity index (χ2v) is 5.68. The molecule has 5 nitrogen and oxygen atoms in total. The fourth-order valence-electron chi connectivity index (χ4n) is 2.92. The van der Waals surface area contributed by atoms with Crippen LogP contribution >= 0.6 is 0 Å². The topological polar surface area (TPSA) is 96.3 Å². The van der Waals surface area contributed by atoms with Crippen LogP contribution < -0.4 is 5.73 Å². The maximum atomic E-state index is 12.4. The van der Waals surface area contributed by atoms with Crippen LogP contribution in [0.25, 0.3) is 5.76 Å². The number of phenols is 1. The first-order chi connectivity index (χ1) is 12.0. The molecular weight excluding hydrogens is 316 g/mol. The number of ketones is 1. The Kier molecular flexibility index (Phi) is 4.27. The second kappa shape index (κ2) is 6.54. The second-order valence-electron chi connectivity index (χ2n) is 5.68. The Hall–Kier alpha value is -3.52. The average Bonchev–Trinajstić information content (AvgIpc) is 2.62. The van der Waals surface area contributed by atoms with E-state index in [1.54, 1.807) is 12.1 Å². The summed E-state index contributed by atoms with van der Waals surface area (Å²) >= 11 is 0. The maximum absolute atomic E-state index is 12.4. The third-order valence-corrected chi connectivity index (χ3v) is 4.06. The Bertz CT molecular complexity index is 920. The minimum absolute atomic E-state index is 0.0237. The van der Waals surface area contributed by atoms with Gasteiger partial charge in [-0.1, -0.05) is 42.5 Å². The summed E-state index contributed by atoms with van der Waals surface area (Å²) in [6.45, 7) is 1.44. The smallest absolute Gasteiger partial charge is 0.205 e. The van der Waals surface area contributed by atoms with E-state index in [2.05, 4.69) is 6.07 Å². The highest BCUT2D eigenvalue weighted by molar-refractivity contribution is 6.03. The van der Waals surface area contributed by atoms with E-state index in [0.29, 0.717) is 22.5 Å². The molecule has 0 spiro atoms. The molecule has 3 rings (SSSR count). The Morgan fingerprint density at radius 3 is 2.36 bits per heavy atom. The first-order valence-electron chi connectivity index (χ1n) is 7.70. The fourth-order valence-corrected chi connectivity index (χ4v) is 2.92. The molecule has 2 aromatic rings. The molecule has 0 saturated heterocycles. The van der Waals surface area contributed by atoms with Crippen LogP contribution in [0, 0.1) is 11.3 Å². The van der Waals surface area contributed by atoms with Crippen LogP contribution in [0.3, 0.4) is 0 Å². The molecule has 124 valence electrons. The van der Waals surface area contributed by atoms with Gasteiger partial charge in [0.15, 0.2) is 5.78 Å². The molecule has 0 aromatic heterocycles. The standard InChI is InChI=1S/C20H16N2O3/c1-12(23)17-18(13-7-9-15(24)10-8-13)16(11-21)20(22)25-19(17)14-5-3-2-4-6-14/h2-10,18,24H,22H2,1H3/t18-/m1/s1. The van der Waals surface area contributed by atoms with Crippen molar-refractivity contribution in [1.29, 1.82) is 5.26 Å². The van der Waals surface area contributed by atoms with Gasteiger partial charge < -0.3 is 15.6 Å². The summed E-state index contributed by atoms with van der Waals surface area (Å²) in [6.07, 6.45) is 0. The summed E-state index contributed by atoms with van der Waals surface area (Å²) in [5, 5.41) is 19.1. The lowest BCUT2D eigenvalue weighted by Gasteiger charge is -2.28. The molecule has 1 heterocycles. The average molecular weight is 332 g/mol. The third kappa shape index (κ3) is 2.98. The number of carbonyl (C=O) groups excluding carboxylic acids is 1. The summed E-state index contributed by atoms with van der Waals surface area (Å²) < 4.78 is 5.67. The molecule has 0 saturated carbocycles. The highest BCUT2D eigenvalue weighted by Gasteiger charge is 2.35. The molecule has 1 atom stereocenters. The number of Topliss-reactive ketones (excluding diaryl/α,β-unsaturated/α-hetero) is 1. The number of phenolic OH excluding ortho intramolecular Hbond substituents is 1. The molecule has 2 aromatic carbocycles. The summed E-state index contributed by atoms with van der Waals surface area (Å²) in [5.41, 5.74) is 7.90. The molecule has 0 aliphatic carbocycles. The van der Waals surface area contributed by atoms with Gasteiger partial charge in [-0.25, -0.2) is 0 Å². The summed E-state index contributed by atoms with van der Waals surface area (Å²) in [5.74, 6) is -0.431. The molecule has 0 unspecified atom stereocenters. The monoisotopic (exact) mass is 332 g/mol. The van der Waals surface area contributed by atoms with Crippen LogP contribution in [0.2, 0.25) is 0 Å². The third-order valence-electron chi connectivity index (χ3n) is 4.06. The van der Waals surface area contributed by atoms with Crippen LogP contribution in [-0.2, 0) is 9.53 Å². The van der Waals surface area contributed by atoms with E-state index in [9.17, 15) is 15.2 Å². The van der Waals surface area contributed by atoms with E-state index >= 15 is 0 Å². The quantitative estimate of drug-likeness (QED) is 0.899. The van der Waals surface area contributed by atoms with Crippen molar-refractivity contribution in [1.82, 2.24) is 0 Å². The van der Waals surface area contributed by atoms with Crippen LogP contribution in [0.4, 0.5) is 0 Å². The van der Waals surface area contributed by atoms with Crippen molar-refractivity contribution >= 4 is 11.5 Å². The van der Waals surface area contributed by atoms with Gasteiger partial charge in [0.05, 0.1) is 11.5 Å². The highest BCUT2D eigenvalue weighted by atomic mass is 16.5. The van der Waals surface area contributed by atoms with E-state index in [-0.39, 0.29) is 23.0 Å². The molecular formula is C20H16N2O3. The number of ether oxygens (including phenoxy) is 1. The lowest BCUT2D eigenvalue weighted by molar-refractivity contribution is -0.113. The van der Waals surface area contributed by atoms with Gasteiger partial charge in [-0.05, 0) is 24.6 Å². The van der Waals surface area contributed by atoms with Crippen molar-refractivity contribution in [2.45, 2.75) is 12.8 Å². The fraction of sp³-hybridized carbons (Fsp3) is 0.100. The number of hydrogen-bond acceptors (Lipinski definition) is 5. The maximum Gasteiger partial charge on any atom is 0.205 e. The van der Waals surface area contributed by atoms with Crippen molar-refractivity contribution in [3.63, 3.8) is 0 Å².